The number of nitrogens with one attached hydrogen (secondary N) is 3. The highest BCUT2D eigenvalue weighted by Crippen LogP contribution is 2.24. The van der Waals surface area contributed by atoms with Gasteiger partial charge >= 0.3 is 0 Å². The molecule has 1 aliphatic heterocycles. The number of carbonyl (C=O) groups is 1. The number of amides is 1. The van der Waals surface area contributed by atoms with E-state index in [4.69, 9.17) is 4.74 Å². The van der Waals surface area contributed by atoms with Gasteiger partial charge in [-0.1, -0.05) is 12.1 Å². The maximum absolute atomic E-state index is 14.0. The zero-order chi connectivity index (χ0) is 22.2. The molecule has 1 saturated heterocycles. The average Bonchev–Trinajstić information content (AvgIpc) is 3.23. The van der Waals surface area contributed by atoms with Crippen LogP contribution in [0.25, 0.3) is 0 Å². The predicted molar refractivity (Wildman–Crippen MR) is 132 cm³/mol. The summed E-state index contributed by atoms with van der Waals surface area (Å²) >= 11 is 0. The SMILES string of the molecule is CN=C(NCC(=O)NCc1ccc(OC)cc1)NC1CCN(c2ccc(F)cc2F)C1.I. The summed E-state index contributed by atoms with van der Waals surface area (Å²) in [6.07, 6.45) is 0.765. The zero-order valence-corrected chi connectivity index (χ0v) is 20.4. The Labute approximate surface area is 203 Å². The number of halogens is 3. The number of aliphatic imine (C=N–C) groups is 1. The fourth-order valence-electron chi connectivity index (χ4n) is 3.39. The van der Waals surface area contributed by atoms with Crippen molar-refractivity contribution in [3.05, 3.63) is 59.7 Å². The molecule has 3 N–H and O–H groups in total. The van der Waals surface area contributed by atoms with Crippen molar-refractivity contribution in [1.82, 2.24) is 16.0 Å². The van der Waals surface area contributed by atoms with Crippen LogP contribution in [0.5, 0.6) is 5.75 Å². The lowest BCUT2D eigenvalue weighted by Crippen LogP contribution is -2.47. The third kappa shape index (κ3) is 7.21. The van der Waals surface area contributed by atoms with Crippen LogP contribution < -0.4 is 25.6 Å². The molecule has 0 spiro atoms. The number of rotatable bonds is 7. The Hall–Kier alpha value is -2.63. The minimum atomic E-state index is -0.593. The highest BCUT2D eigenvalue weighted by Gasteiger charge is 2.25. The standard InChI is InChI=1S/C22H27F2N5O2.HI/c1-25-22(27-13-21(30)26-12-15-3-6-18(31-2)7-4-15)28-17-9-10-29(14-17)20-8-5-16(23)11-19(20)24;/h3-8,11,17H,9-10,12-14H2,1-2H3,(H,26,30)(H2,25,27,28);1H. The second kappa shape index (κ2) is 12.4. The van der Waals surface area contributed by atoms with E-state index in [0.29, 0.717) is 31.3 Å². The predicted octanol–water partition coefficient (Wildman–Crippen LogP) is 2.65. The van der Waals surface area contributed by atoms with Crippen molar-refractivity contribution >= 4 is 41.5 Å². The molecule has 7 nitrogen and oxygen atoms in total. The van der Waals surface area contributed by atoms with E-state index in [9.17, 15) is 13.6 Å². The Balaban J connectivity index is 0.00000363. The van der Waals surface area contributed by atoms with Gasteiger partial charge in [0.1, 0.15) is 17.4 Å². The van der Waals surface area contributed by atoms with Crippen molar-refractivity contribution in [1.29, 1.82) is 0 Å². The number of carbonyl (C=O) groups excluding carboxylic acids is 1. The number of hydrogen-bond acceptors (Lipinski definition) is 4. The van der Waals surface area contributed by atoms with E-state index < -0.39 is 11.6 Å². The molecule has 2 aromatic carbocycles. The molecular formula is C22H28F2IN5O2. The van der Waals surface area contributed by atoms with E-state index in [2.05, 4.69) is 20.9 Å². The Morgan fingerprint density at radius 1 is 1.19 bits per heavy atom. The molecule has 0 aromatic heterocycles. The van der Waals surface area contributed by atoms with E-state index in [1.54, 1.807) is 14.2 Å². The van der Waals surface area contributed by atoms with Gasteiger partial charge in [0.05, 0.1) is 19.3 Å². The smallest absolute Gasteiger partial charge is 0.239 e. The van der Waals surface area contributed by atoms with Gasteiger partial charge in [-0.3, -0.25) is 9.79 Å². The van der Waals surface area contributed by atoms with Crippen LogP contribution >= 0.6 is 24.0 Å². The Morgan fingerprint density at radius 3 is 2.59 bits per heavy atom. The molecule has 2 aromatic rings. The summed E-state index contributed by atoms with van der Waals surface area (Å²) in [6, 6.07) is 11.1. The molecule has 1 fully saturated rings. The number of nitrogens with zero attached hydrogens (tertiary/aromatic N) is 2. The summed E-state index contributed by atoms with van der Waals surface area (Å²) < 4.78 is 32.3. The van der Waals surface area contributed by atoms with Crippen molar-refractivity contribution in [3.8, 4) is 5.75 Å². The quantitative estimate of drug-likeness (QED) is 0.277. The van der Waals surface area contributed by atoms with Crippen LogP contribution in [0.2, 0.25) is 0 Å². The minimum Gasteiger partial charge on any atom is -0.497 e. The topological polar surface area (TPSA) is 78.0 Å². The number of guanidine groups is 1. The number of ether oxygens (including phenoxy) is 1. The molecule has 0 radical (unpaired) electrons. The highest BCUT2D eigenvalue weighted by molar-refractivity contribution is 14.0. The van der Waals surface area contributed by atoms with Crippen molar-refractivity contribution < 1.29 is 18.3 Å². The minimum absolute atomic E-state index is 0. The molecule has 3 rings (SSSR count). The van der Waals surface area contributed by atoms with Crippen molar-refractivity contribution in [3.63, 3.8) is 0 Å². The number of anilines is 1. The molecule has 1 amide bonds. The summed E-state index contributed by atoms with van der Waals surface area (Å²) in [5, 5.41) is 9.08. The molecule has 1 atom stereocenters. The van der Waals surface area contributed by atoms with Crippen LogP contribution in [-0.2, 0) is 11.3 Å². The van der Waals surface area contributed by atoms with Crippen LogP contribution in [-0.4, -0.2) is 51.7 Å². The van der Waals surface area contributed by atoms with Crippen LogP contribution in [0.15, 0.2) is 47.5 Å². The van der Waals surface area contributed by atoms with Gasteiger partial charge in [-0.25, -0.2) is 8.78 Å². The molecule has 10 heteroatoms. The number of benzene rings is 2. The van der Waals surface area contributed by atoms with Crippen molar-refractivity contribution in [2.45, 2.75) is 19.0 Å². The molecule has 32 heavy (non-hydrogen) atoms. The third-order valence-electron chi connectivity index (χ3n) is 5.07. The lowest BCUT2D eigenvalue weighted by Gasteiger charge is -2.21. The Bertz CT molecular complexity index is 927. The van der Waals surface area contributed by atoms with Gasteiger partial charge in [0.25, 0.3) is 0 Å². The van der Waals surface area contributed by atoms with Crippen LogP contribution in [0.4, 0.5) is 14.5 Å². The van der Waals surface area contributed by atoms with Gasteiger partial charge in [0.2, 0.25) is 5.91 Å². The van der Waals surface area contributed by atoms with Gasteiger partial charge in [0.15, 0.2) is 5.96 Å². The Morgan fingerprint density at radius 2 is 1.94 bits per heavy atom. The third-order valence-corrected chi connectivity index (χ3v) is 5.07. The molecular weight excluding hydrogens is 531 g/mol. The van der Waals surface area contributed by atoms with E-state index >= 15 is 0 Å². The summed E-state index contributed by atoms with van der Waals surface area (Å²) in [5.74, 6) is -0.0767. The monoisotopic (exact) mass is 559 g/mol. The fraction of sp³-hybridized carbons (Fsp3) is 0.364. The van der Waals surface area contributed by atoms with E-state index in [-0.39, 0.29) is 42.5 Å². The maximum atomic E-state index is 14.0. The first-order chi connectivity index (χ1) is 15.0. The van der Waals surface area contributed by atoms with Gasteiger partial charge in [-0.05, 0) is 36.2 Å². The van der Waals surface area contributed by atoms with Gasteiger partial charge < -0.3 is 25.6 Å². The van der Waals surface area contributed by atoms with E-state index in [1.165, 1.54) is 12.1 Å². The second-order valence-corrected chi connectivity index (χ2v) is 7.22. The molecule has 174 valence electrons. The average molecular weight is 559 g/mol. The summed E-state index contributed by atoms with van der Waals surface area (Å²) in [5.41, 5.74) is 1.35. The number of methoxy groups -OCH3 is 1. The maximum Gasteiger partial charge on any atom is 0.239 e. The second-order valence-electron chi connectivity index (χ2n) is 7.22. The highest BCUT2D eigenvalue weighted by atomic mass is 127. The van der Waals surface area contributed by atoms with Crippen molar-refractivity contribution in [2.75, 3.05) is 38.7 Å². The normalized spacial score (nSPS) is 15.7. The van der Waals surface area contributed by atoms with Crippen LogP contribution in [0, 0.1) is 11.6 Å². The van der Waals surface area contributed by atoms with Crippen LogP contribution in [0.3, 0.4) is 0 Å². The van der Waals surface area contributed by atoms with E-state index in [0.717, 1.165) is 23.8 Å². The lowest BCUT2D eigenvalue weighted by molar-refractivity contribution is -0.120. The molecule has 0 saturated carbocycles. The molecule has 1 heterocycles. The van der Waals surface area contributed by atoms with Crippen molar-refractivity contribution in [2.24, 2.45) is 4.99 Å². The molecule has 0 aliphatic carbocycles. The molecule has 0 bridgehead atoms. The first kappa shape index (κ1) is 25.6. The fourth-order valence-corrected chi connectivity index (χ4v) is 3.39. The molecule has 1 unspecified atom stereocenters. The summed E-state index contributed by atoms with van der Waals surface area (Å²) in [7, 11) is 3.23. The lowest BCUT2D eigenvalue weighted by atomic mass is 10.2. The van der Waals surface area contributed by atoms with E-state index in [1.807, 2.05) is 29.2 Å². The summed E-state index contributed by atoms with van der Waals surface area (Å²) in [4.78, 5) is 18.1. The van der Waals surface area contributed by atoms with Gasteiger partial charge in [-0.2, -0.15) is 0 Å². The number of hydrogen-bond donors (Lipinski definition) is 3. The first-order valence-corrected chi connectivity index (χ1v) is 10.1. The first-order valence-electron chi connectivity index (χ1n) is 10.1. The van der Waals surface area contributed by atoms with Gasteiger partial charge in [0, 0.05) is 38.8 Å². The Kier molecular flexibility index (Phi) is 9.95. The summed E-state index contributed by atoms with van der Waals surface area (Å²) in [6.45, 7) is 1.67. The van der Waals surface area contributed by atoms with Crippen LogP contribution in [0.1, 0.15) is 12.0 Å². The largest absolute Gasteiger partial charge is 0.497 e. The zero-order valence-electron chi connectivity index (χ0n) is 18.0. The van der Waals surface area contributed by atoms with Gasteiger partial charge in [-0.15, -0.1) is 24.0 Å². The molecule has 1 aliphatic rings.